The number of hydrogen-bond acceptors (Lipinski definition) is 3. The van der Waals surface area contributed by atoms with E-state index in [9.17, 15) is 0 Å². The van der Waals surface area contributed by atoms with E-state index in [2.05, 4.69) is 29.7 Å². The zero-order valence-electron chi connectivity index (χ0n) is 9.97. The second kappa shape index (κ2) is 5.10. The van der Waals surface area contributed by atoms with E-state index in [1.807, 2.05) is 0 Å². The Bertz CT molecular complexity index is 360. The molecule has 0 saturated carbocycles. The van der Waals surface area contributed by atoms with Crippen molar-refractivity contribution in [2.45, 2.75) is 32.6 Å². The molecule has 0 bridgehead atoms. The number of fused-ring (bicyclic) bond motifs is 1. The predicted molar refractivity (Wildman–Crippen MR) is 71.1 cm³/mol. The maximum absolute atomic E-state index is 6.04. The number of nitrogens with two attached hydrogens (primary N) is 1. The summed E-state index contributed by atoms with van der Waals surface area (Å²) in [6.07, 6.45) is 4.73. The lowest BCUT2D eigenvalue weighted by Crippen LogP contribution is -2.13. The maximum atomic E-state index is 6.04. The van der Waals surface area contributed by atoms with Gasteiger partial charge in [-0.2, -0.15) is 0 Å². The number of unbranched alkanes of at least 4 members (excludes halogenated alkanes) is 1. The number of benzene rings is 1. The largest absolute Gasteiger partial charge is 0.397 e. The Labute approximate surface area is 97.4 Å². The van der Waals surface area contributed by atoms with Crippen molar-refractivity contribution in [3.8, 4) is 0 Å². The molecule has 2 rings (SSSR count). The van der Waals surface area contributed by atoms with Gasteiger partial charge in [-0.25, -0.2) is 0 Å². The first-order valence-electron chi connectivity index (χ1n) is 6.21. The van der Waals surface area contributed by atoms with Crippen LogP contribution in [0.25, 0.3) is 0 Å². The van der Waals surface area contributed by atoms with Crippen LogP contribution in [-0.4, -0.2) is 13.1 Å². The van der Waals surface area contributed by atoms with E-state index in [4.69, 9.17) is 5.73 Å². The molecule has 88 valence electrons. The predicted octanol–water partition coefficient (Wildman–Crippen LogP) is 2.84. The van der Waals surface area contributed by atoms with Crippen LogP contribution in [0.5, 0.6) is 0 Å². The van der Waals surface area contributed by atoms with Crippen LogP contribution in [0, 0.1) is 0 Å². The smallest absolute Gasteiger partial charge is 0.0594 e. The average Bonchev–Trinajstić information content (AvgIpc) is 2.30. The summed E-state index contributed by atoms with van der Waals surface area (Å²) in [5.41, 5.74) is 10.6. The minimum atomic E-state index is 0.874. The van der Waals surface area contributed by atoms with Crippen molar-refractivity contribution in [2.75, 3.05) is 29.5 Å². The van der Waals surface area contributed by atoms with E-state index in [1.54, 1.807) is 0 Å². The van der Waals surface area contributed by atoms with Crippen molar-refractivity contribution < 1.29 is 0 Å². The van der Waals surface area contributed by atoms with Gasteiger partial charge in [0.2, 0.25) is 0 Å². The molecular weight excluding hydrogens is 198 g/mol. The SMILES string of the molecule is CCCCNc1cc2c(cc1N)CCCN2. The lowest BCUT2D eigenvalue weighted by atomic mass is 10.0. The number of anilines is 3. The summed E-state index contributed by atoms with van der Waals surface area (Å²) in [4.78, 5) is 0. The third-order valence-corrected chi connectivity index (χ3v) is 3.06. The highest BCUT2D eigenvalue weighted by molar-refractivity contribution is 5.75. The van der Waals surface area contributed by atoms with Gasteiger partial charge in [0.25, 0.3) is 0 Å². The molecule has 3 heteroatoms. The molecule has 0 fully saturated rings. The highest BCUT2D eigenvalue weighted by Crippen LogP contribution is 2.30. The van der Waals surface area contributed by atoms with Gasteiger partial charge in [0.1, 0.15) is 0 Å². The minimum absolute atomic E-state index is 0.874. The van der Waals surface area contributed by atoms with Crippen molar-refractivity contribution in [1.29, 1.82) is 0 Å². The van der Waals surface area contributed by atoms with Crippen LogP contribution < -0.4 is 16.4 Å². The summed E-state index contributed by atoms with van der Waals surface area (Å²) in [6.45, 7) is 4.27. The van der Waals surface area contributed by atoms with Gasteiger partial charge in [-0.1, -0.05) is 13.3 Å². The molecule has 1 heterocycles. The molecular formula is C13H21N3. The monoisotopic (exact) mass is 219 g/mol. The molecule has 3 nitrogen and oxygen atoms in total. The van der Waals surface area contributed by atoms with Gasteiger partial charge >= 0.3 is 0 Å². The number of hydrogen-bond donors (Lipinski definition) is 3. The molecule has 1 aliphatic rings. The summed E-state index contributed by atoms with van der Waals surface area (Å²) in [5, 5.41) is 6.82. The second-order valence-corrected chi connectivity index (χ2v) is 4.41. The molecule has 0 aromatic heterocycles. The zero-order chi connectivity index (χ0) is 11.4. The first kappa shape index (κ1) is 11.1. The van der Waals surface area contributed by atoms with E-state index in [1.165, 1.54) is 30.5 Å². The Morgan fingerprint density at radius 1 is 1.44 bits per heavy atom. The van der Waals surface area contributed by atoms with Gasteiger partial charge in [0, 0.05) is 18.8 Å². The zero-order valence-corrected chi connectivity index (χ0v) is 9.97. The molecule has 0 atom stereocenters. The molecule has 0 unspecified atom stereocenters. The van der Waals surface area contributed by atoms with Gasteiger partial charge in [-0.3, -0.25) is 0 Å². The van der Waals surface area contributed by atoms with Crippen LogP contribution in [0.15, 0.2) is 12.1 Å². The minimum Gasteiger partial charge on any atom is -0.397 e. The van der Waals surface area contributed by atoms with Gasteiger partial charge in [-0.05, 0) is 37.0 Å². The lowest BCUT2D eigenvalue weighted by Gasteiger charge is -2.20. The van der Waals surface area contributed by atoms with Crippen molar-refractivity contribution in [2.24, 2.45) is 0 Å². The van der Waals surface area contributed by atoms with Crippen molar-refractivity contribution in [1.82, 2.24) is 0 Å². The van der Waals surface area contributed by atoms with E-state index >= 15 is 0 Å². The first-order chi connectivity index (χ1) is 7.81. The summed E-state index contributed by atoms with van der Waals surface area (Å²) >= 11 is 0. The third-order valence-electron chi connectivity index (χ3n) is 3.06. The number of rotatable bonds is 4. The van der Waals surface area contributed by atoms with Crippen LogP contribution in [0.4, 0.5) is 17.1 Å². The molecule has 1 aliphatic heterocycles. The van der Waals surface area contributed by atoms with Gasteiger partial charge in [0.05, 0.1) is 11.4 Å². The van der Waals surface area contributed by atoms with E-state index in [0.29, 0.717) is 0 Å². The molecule has 1 aromatic rings. The number of aryl methyl sites for hydroxylation is 1. The van der Waals surface area contributed by atoms with Gasteiger partial charge < -0.3 is 16.4 Å². The molecule has 0 saturated heterocycles. The molecule has 0 radical (unpaired) electrons. The fourth-order valence-corrected chi connectivity index (χ4v) is 2.09. The highest BCUT2D eigenvalue weighted by atomic mass is 14.9. The first-order valence-corrected chi connectivity index (χ1v) is 6.21. The topological polar surface area (TPSA) is 50.1 Å². The van der Waals surface area contributed by atoms with Crippen molar-refractivity contribution in [3.05, 3.63) is 17.7 Å². The number of nitrogen functional groups attached to an aromatic ring is 1. The molecule has 16 heavy (non-hydrogen) atoms. The van der Waals surface area contributed by atoms with E-state index in [0.717, 1.165) is 30.9 Å². The summed E-state index contributed by atoms with van der Waals surface area (Å²) in [6, 6.07) is 4.26. The lowest BCUT2D eigenvalue weighted by molar-refractivity contribution is 0.826. The van der Waals surface area contributed by atoms with Crippen molar-refractivity contribution >= 4 is 17.1 Å². The van der Waals surface area contributed by atoms with Crippen LogP contribution in [0.1, 0.15) is 31.7 Å². The van der Waals surface area contributed by atoms with Gasteiger partial charge in [0.15, 0.2) is 0 Å². The van der Waals surface area contributed by atoms with Crippen LogP contribution >= 0.6 is 0 Å². The van der Waals surface area contributed by atoms with Crippen LogP contribution in [-0.2, 0) is 6.42 Å². The second-order valence-electron chi connectivity index (χ2n) is 4.41. The van der Waals surface area contributed by atoms with Gasteiger partial charge in [-0.15, -0.1) is 0 Å². The Hall–Kier alpha value is -1.38. The van der Waals surface area contributed by atoms with Crippen LogP contribution in [0.2, 0.25) is 0 Å². The van der Waals surface area contributed by atoms with Crippen LogP contribution in [0.3, 0.4) is 0 Å². The number of nitrogens with one attached hydrogen (secondary N) is 2. The molecule has 0 aliphatic carbocycles. The quantitative estimate of drug-likeness (QED) is 0.539. The molecule has 0 amide bonds. The third kappa shape index (κ3) is 2.40. The Morgan fingerprint density at radius 3 is 3.12 bits per heavy atom. The Balaban J connectivity index is 2.12. The summed E-state index contributed by atoms with van der Waals surface area (Å²) < 4.78 is 0. The molecule has 1 aromatic carbocycles. The summed E-state index contributed by atoms with van der Waals surface area (Å²) in [7, 11) is 0. The van der Waals surface area contributed by atoms with E-state index < -0.39 is 0 Å². The molecule has 0 spiro atoms. The molecule has 4 N–H and O–H groups in total. The van der Waals surface area contributed by atoms with E-state index in [-0.39, 0.29) is 0 Å². The maximum Gasteiger partial charge on any atom is 0.0594 e. The summed E-state index contributed by atoms with van der Waals surface area (Å²) in [5.74, 6) is 0. The fraction of sp³-hybridized carbons (Fsp3) is 0.538. The standard InChI is InChI=1S/C13H21N3/c1-2-3-6-16-13-9-12-10(8-11(13)14)5-4-7-15-12/h8-9,15-16H,2-7,14H2,1H3. The Morgan fingerprint density at radius 2 is 2.31 bits per heavy atom. The fourth-order valence-electron chi connectivity index (χ4n) is 2.09. The highest BCUT2D eigenvalue weighted by Gasteiger charge is 2.11. The van der Waals surface area contributed by atoms with Crippen molar-refractivity contribution in [3.63, 3.8) is 0 Å². The average molecular weight is 219 g/mol. The Kier molecular flexibility index (Phi) is 3.54. The normalized spacial score (nSPS) is 14.1.